The summed E-state index contributed by atoms with van der Waals surface area (Å²) in [6.07, 6.45) is 3.17. The number of halogens is 1. The standard InChI is InChI=1S/C24H28FN5O2S2/c1-30(9-3-7-18-12-21(29-28-18)16-5-2-6-17(25)11-16)23(32)13-19-15-34-24(26-19)27-22(31)14-20-8-4-10-33-20/h2,4-6,8,10-11,15,18,21,28-29H,3,7,9,12-14H2,1H3,(H,26,27,31). The molecule has 0 aliphatic carbocycles. The zero-order valence-electron chi connectivity index (χ0n) is 18.9. The van der Waals surface area contributed by atoms with Crippen LogP contribution in [0.15, 0.2) is 47.2 Å². The Hall–Kier alpha value is -2.66. The maximum Gasteiger partial charge on any atom is 0.231 e. The zero-order valence-corrected chi connectivity index (χ0v) is 20.6. The molecule has 0 saturated carbocycles. The topological polar surface area (TPSA) is 86.4 Å². The van der Waals surface area contributed by atoms with Crippen LogP contribution in [0, 0.1) is 5.82 Å². The summed E-state index contributed by atoms with van der Waals surface area (Å²) in [4.78, 5) is 31.8. The molecule has 3 heterocycles. The Morgan fingerprint density at radius 2 is 2.09 bits per heavy atom. The lowest BCUT2D eigenvalue weighted by atomic mass is 9.99. The van der Waals surface area contributed by atoms with E-state index in [-0.39, 0.29) is 36.1 Å². The van der Waals surface area contributed by atoms with Crippen molar-refractivity contribution in [3.63, 3.8) is 0 Å². The SMILES string of the molecule is CN(CCCC1CC(c2cccc(F)c2)NN1)C(=O)Cc1csc(NC(=O)Cc2cccs2)n1. The summed E-state index contributed by atoms with van der Waals surface area (Å²) in [5.74, 6) is -0.339. The predicted octanol–water partition coefficient (Wildman–Crippen LogP) is 3.91. The number of carbonyl (C=O) groups is 2. The fraction of sp³-hybridized carbons (Fsp3) is 0.375. The molecule has 1 saturated heterocycles. The molecule has 180 valence electrons. The third-order valence-corrected chi connectivity index (χ3v) is 7.43. The molecule has 2 amide bonds. The van der Waals surface area contributed by atoms with Gasteiger partial charge in [0.25, 0.3) is 0 Å². The van der Waals surface area contributed by atoms with Crippen LogP contribution < -0.4 is 16.2 Å². The molecule has 34 heavy (non-hydrogen) atoms. The Balaban J connectivity index is 1.16. The maximum atomic E-state index is 13.5. The van der Waals surface area contributed by atoms with Crippen molar-refractivity contribution in [1.82, 2.24) is 20.7 Å². The number of likely N-dealkylation sites (N-methyl/N-ethyl adjacent to an activating group) is 1. The van der Waals surface area contributed by atoms with E-state index in [2.05, 4.69) is 21.2 Å². The van der Waals surface area contributed by atoms with Crippen molar-refractivity contribution in [2.45, 2.75) is 44.2 Å². The number of rotatable bonds is 10. The molecular formula is C24H28FN5O2S2. The van der Waals surface area contributed by atoms with Gasteiger partial charge in [0.15, 0.2) is 5.13 Å². The molecule has 4 rings (SSSR count). The molecule has 2 unspecified atom stereocenters. The minimum atomic E-state index is -0.226. The highest BCUT2D eigenvalue weighted by Crippen LogP contribution is 2.24. The fourth-order valence-corrected chi connectivity index (χ4v) is 5.35. The van der Waals surface area contributed by atoms with Crippen LogP contribution >= 0.6 is 22.7 Å². The maximum absolute atomic E-state index is 13.5. The zero-order chi connectivity index (χ0) is 23.9. The summed E-state index contributed by atoms with van der Waals surface area (Å²) < 4.78 is 13.5. The van der Waals surface area contributed by atoms with Gasteiger partial charge in [-0.3, -0.25) is 20.4 Å². The number of carbonyl (C=O) groups excluding carboxylic acids is 2. The van der Waals surface area contributed by atoms with Crippen LogP contribution in [0.25, 0.3) is 0 Å². The molecule has 1 aliphatic heterocycles. The summed E-state index contributed by atoms with van der Waals surface area (Å²) in [5.41, 5.74) is 8.12. The van der Waals surface area contributed by atoms with E-state index in [4.69, 9.17) is 0 Å². The smallest absolute Gasteiger partial charge is 0.231 e. The lowest BCUT2D eigenvalue weighted by Crippen LogP contribution is -2.33. The summed E-state index contributed by atoms with van der Waals surface area (Å²) in [5, 5.41) is 7.07. The summed E-state index contributed by atoms with van der Waals surface area (Å²) in [6.45, 7) is 0.649. The molecule has 3 aromatic rings. The first kappa shape index (κ1) is 24.5. The first-order valence-electron chi connectivity index (χ1n) is 11.2. The molecule has 1 aromatic carbocycles. The van der Waals surface area contributed by atoms with Crippen molar-refractivity contribution >= 4 is 39.6 Å². The molecule has 3 N–H and O–H groups in total. The number of hydrazine groups is 1. The van der Waals surface area contributed by atoms with Crippen LogP contribution in [0.4, 0.5) is 9.52 Å². The molecule has 0 bridgehead atoms. The van der Waals surface area contributed by atoms with Crippen LogP contribution in [0.5, 0.6) is 0 Å². The van der Waals surface area contributed by atoms with Gasteiger partial charge in [0, 0.05) is 35.9 Å². The lowest BCUT2D eigenvalue weighted by molar-refractivity contribution is -0.129. The first-order valence-corrected chi connectivity index (χ1v) is 13.0. The van der Waals surface area contributed by atoms with Gasteiger partial charge >= 0.3 is 0 Å². The first-order chi connectivity index (χ1) is 16.5. The molecular weight excluding hydrogens is 473 g/mol. The summed E-state index contributed by atoms with van der Waals surface area (Å²) in [6, 6.07) is 10.9. The van der Waals surface area contributed by atoms with Gasteiger partial charge in [0.2, 0.25) is 11.8 Å². The van der Waals surface area contributed by atoms with E-state index in [1.807, 2.05) is 29.0 Å². The Kier molecular flexibility index (Phi) is 8.39. The van der Waals surface area contributed by atoms with Crippen molar-refractivity contribution in [2.24, 2.45) is 0 Å². The monoisotopic (exact) mass is 501 g/mol. The van der Waals surface area contributed by atoms with Gasteiger partial charge < -0.3 is 10.2 Å². The highest BCUT2D eigenvalue weighted by Gasteiger charge is 2.25. The molecule has 1 aliphatic rings. The Labute approximate surface area is 206 Å². The number of benzene rings is 1. The van der Waals surface area contributed by atoms with E-state index in [0.717, 1.165) is 29.7 Å². The van der Waals surface area contributed by atoms with Gasteiger partial charge in [-0.05, 0) is 48.4 Å². The minimum Gasteiger partial charge on any atom is -0.345 e. The van der Waals surface area contributed by atoms with Gasteiger partial charge in [-0.1, -0.05) is 18.2 Å². The minimum absolute atomic E-state index is 0.00287. The number of anilines is 1. The average Bonchev–Trinajstić information content (AvgIpc) is 3.57. The molecule has 2 atom stereocenters. The van der Waals surface area contributed by atoms with Gasteiger partial charge in [0.1, 0.15) is 5.82 Å². The quantitative estimate of drug-likeness (QED) is 0.392. The van der Waals surface area contributed by atoms with Crippen molar-refractivity contribution < 1.29 is 14.0 Å². The predicted molar refractivity (Wildman–Crippen MR) is 133 cm³/mol. The Bertz CT molecular complexity index is 1100. The molecule has 0 spiro atoms. The van der Waals surface area contributed by atoms with Crippen molar-refractivity contribution in [3.05, 3.63) is 69.1 Å². The van der Waals surface area contributed by atoms with Gasteiger partial charge in [-0.15, -0.1) is 22.7 Å². The van der Waals surface area contributed by atoms with Crippen LogP contribution in [-0.2, 0) is 22.4 Å². The molecule has 10 heteroatoms. The van der Waals surface area contributed by atoms with Gasteiger partial charge in [0.05, 0.1) is 18.5 Å². The molecule has 0 radical (unpaired) electrons. The number of amides is 2. The van der Waals surface area contributed by atoms with Crippen LogP contribution in [0.1, 0.15) is 41.4 Å². The fourth-order valence-electron chi connectivity index (χ4n) is 3.92. The number of thiophene rings is 1. The highest BCUT2D eigenvalue weighted by atomic mass is 32.1. The second-order valence-corrected chi connectivity index (χ2v) is 10.3. The molecule has 1 fully saturated rings. The molecule has 2 aromatic heterocycles. The summed E-state index contributed by atoms with van der Waals surface area (Å²) in [7, 11) is 1.80. The normalized spacial score (nSPS) is 17.6. The van der Waals surface area contributed by atoms with E-state index in [1.165, 1.54) is 17.4 Å². The van der Waals surface area contributed by atoms with Gasteiger partial charge in [-0.2, -0.15) is 0 Å². The van der Waals surface area contributed by atoms with Crippen molar-refractivity contribution in [2.75, 3.05) is 18.9 Å². The third-order valence-electron chi connectivity index (χ3n) is 5.75. The lowest BCUT2D eigenvalue weighted by Gasteiger charge is -2.18. The third kappa shape index (κ3) is 6.92. The van der Waals surface area contributed by atoms with E-state index in [0.29, 0.717) is 23.8 Å². The number of nitrogens with zero attached hydrogens (tertiary/aromatic N) is 2. The van der Waals surface area contributed by atoms with E-state index < -0.39 is 0 Å². The van der Waals surface area contributed by atoms with Crippen LogP contribution in [0.2, 0.25) is 0 Å². The van der Waals surface area contributed by atoms with E-state index in [1.54, 1.807) is 35.4 Å². The average molecular weight is 502 g/mol. The van der Waals surface area contributed by atoms with Crippen LogP contribution in [-0.4, -0.2) is 41.3 Å². The highest BCUT2D eigenvalue weighted by molar-refractivity contribution is 7.14. The Morgan fingerprint density at radius 3 is 2.88 bits per heavy atom. The van der Waals surface area contributed by atoms with Gasteiger partial charge in [-0.25, -0.2) is 9.37 Å². The molecule has 7 nitrogen and oxygen atoms in total. The Morgan fingerprint density at radius 1 is 1.21 bits per heavy atom. The van der Waals surface area contributed by atoms with E-state index in [9.17, 15) is 14.0 Å². The number of thiazole rings is 1. The van der Waals surface area contributed by atoms with Crippen LogP contribution in [0.3, 0.4) is 0 Å². The van der Waals surface area contributed by atoms with Crippen molar-refractivity contribution in [3.8, 4) is 0 Å². The largest absolute Gasteiger partial charge is 0.345 e. The second-order valence-electron chi connectivity index (χ2n) is 8.41. The number of hydrogen-bond donors (Lipinski definition) is 3. The number of nitrogens with one attached hydrogen (secondary N) is 3. The number of hydrogen-bond acceptors (Lipinski definition) is 7. The second kappa shape index (κ2) is 11.7. The van der Waals surface area contributed by atoms with Crippen molar-refractivity contribution in [1.29, 1.82) is 0 Å². The van der Waals surface area contributed by atoms with E-state index >= 15 is 0 Å². The summed E-state index contributed by atoms with van der Waals surface area (Å²) >= 11 is 2.87. The number of aromatic nitrogens is 1.